The molecule has 2 aromatic rings. The second-order valence-electron chi connectivity index (χ2n) is 4.80. The summed E-state index contributed by atoms with van der Waals surface area (Å²) in [5.41, 5.74) is 1.71. The van der Waals surface area contributed by atoms with Crippen LogP contribution in [0.5, 0.6) is 5.88 Å². The van der Waals surface area contributed by atoms with E-state index in [4.69, 9.17) is 4.74 Å². The molecular weight excluding hydrogens is 240 g/mol. The van der Waals surface area contributed by atoms with Crippen molar-refractivity contribution in [2.45, 2.75) is 13.0 Å². The number of fused-ring (bicyclic) bond motifs is 1. The lowest BCUT2D eigenvalue weighted by atomic mass is 10.1. The van der Waals surface area contributed by atoms with Crippen LogP contribution in [0.3, 0.4) is 0 Å². The summed E-state index contributed by atoms with van der Waals surface area (Å²) in [7, 11) is 4.08. The maximum atomic E-state index is 9.41. The van der Waals surface area contributed by atoms with Crippen LogP contribution >= 0.6 is 0 Å². The Morgan fingerprint density at radius 2 is 2.05 bits per heavy atom. The fourth-order valence-electron chi connectivity index (χ4n) is 1.98. The molecule has 102 valence electrons. The number of hydrogen-bond acceptors (Lipinski definition) is 4. The minimum atomic E-state index is -0.00289. The first kappa shape index (κ1) is 13.8. The Hall–Kier alpha value is -1.65. The standard InChI is InChI=1S/C15H20N2O2/c1-17(2)8-5-9-19-15-10-12(11-18)13-6-3-4-7-14(13)16-15/h3-4,6-7,10,18H,5,8-9,11H2,1-2H3. The van der Waals surface area contributed by atoms with Gasteiger partial charge in [-0.2, -0.15) is 0 Å². The highest BCUT2D eigenvalue weighted by atomic mass is 16.5. The number of nitrogens with zero attached hydrogens (tertiary/aromatic N) is 2. The molecule has 0 saturated carbocycles. The van der Waals surface area contributed by atoms with Crippen LogP contribution < -0.4 is 4.74 Å². The Morgan fingerprint density at radius 1 is 1.26 bits per heavy atom. The first-order valence-corrected chi connectivity index (χ1v) is 6.48. The Bertz CT molecular complexity index is 541. The summed E-state index contributed by atoms with van der Waals surface area (Å²) in [4.78, 5) is 6.57. The van der Waals surface area contributed by atoms with Gasteiger partial charge in [0.05, 0.1) is 18.7 Å². The number of aromatic nitrogens is 1. The van der Waals surface area contributed by atoms with Crippen molar-refractivity contribution < 1.29 is 9.84 Å². The van der Waals surface area contributed by atoms with Crippen molar-refractivity contribution in [2.24, 2.45) is 0 Å². The molecule has 0 aliphatic carbocycles. The molecule has 2 rings (SSSR count). The van der Waals surface area contributed by atoms with Crippen LogP contribution in [0.1, 0.15) is 12.0 Å². The quantitative estimate of drug-likeness (QED) is 0.808. The van der Waals surface area contributed by atoms with Gasteiger partial charge in [-0.25, -0.2) is 4.98 Å². The number of para-hydroxylation sites is 1. The molecule has 0 unspecified atom stereocenters. The third-order valence-electron chi connectivity index (χ3n) is 2.95. The van der Waals surface area contributed by atoms with Gasteiger partial charge in [-0.05, 0) is 32.1 Å². The van der Waals surface area contributed by atoms with Gasteiger partial charge in [0.15, 0.2) is 0 Å². The van der Waals surface area contributed by atoms with Crippen molar-refractivity contribution in [1.82, 2.24) is 9.88 Å². The number of rotatable bonds is 6. The third kappa shape index (κ3) is 3.66. The van der Waals surface area contributed by atoms with Crippen LogP contribution in [0.4, 0.5) is 0 Å². The summed E-state index contributed by atoms with van der Waals surface area (Å²) < 4.78 is 5.66. The average Bonchev–Trinajstić information content (AvgIpc) is 2.42. The van der Waals surface area contributed by atoms with Gasteiger partial charge in [0.25, 0.3) is 0 Å². The predicted molar refractivity (Wildman–Crippen MR) is 76.3 cm³/mol. The fraction of sp³-hybridized carbons (Fsp3) is 0.400. The summed E-state index contributed by atoms with van der Waals surface area (Å²) in [6.45, 7) is 1.62. The molecule has 1 aromatic carbocycles. The van der Waals surface area contributed by atoms with E-state index in [9.17, 15) is 5.11 Å². The zero-order valence-corrected chi connectivity index (χ0v) is 11.5. The minimum Gasteiger partial charge on any atom is -0.478 e. The molecule has 0 amide bonds. The summed E-state index contributed by atoms with van der Waals surface area (Å²) in [6, 6.07) is 9.59. The van der Waals surface area contributed by atoms with Crippen molar-refractivity contribution in [3.05, 3.63) is 35.9 Å². The Morgan fingerprint density at radius 3 is 2.79 bits per heavy atom. The lowest BCUT2D eigenvalue weighted by molar-refractivity contribution is 0.268. The molecule has 0 saturated heterocycles. The summed E-state index contributed by atoms with van der Waals surface area (Å²) in [6.07, 6.45) is 0.954. The van der Waals surface area contributed by atoms with Gasteiger partial charge in [-0.15, -0.1) is 0 Å². The van der Waals surface area contributed by atoms with Crippen LogP contribution in [0.2, 0.25) is 0 Å². The molecule has 0 radical (unpaired) electrons. The van der Waals surface area contributed by atoms with Crippen LogP contribution in [0.25, 0.3) is 10.9 Å². The molecule has 0 fully saturated rings. The number of pyridine rings is 1. The number of benzene rings is 1. The first-order chi connectivity index (χ1) is 9.20. The van der Waals surface area contributed by atoms with Crippen LogP contribution in [-0.4, -0.2) is 42.2 Å². The van der Waals surface area contributed by atoms with Gasteiger partial charge >= 0.3 is 0 Å². The second-order valence-corrected chi connectivity index (χ2v) is 4.80. The minimum absolute atomic E-state index is 0.00289. The maximum Gasteiger partial charge on any atom is 0.214 e. The molecule has 0 atom stereocenters. The molecule has 1 aromatic heterocycles. The number of aliphatic hydroxyl groups is 1. The van der Waals surface area contributed by atoms with Crippen molar-refractivity contribution in [2.75, 3.05) is 27.2 Å². The van der Waals surface area contributed by atoms with Crippen LogP contribution in [-0.2, 0) is 6.61 Å². The smallest absolute Gasteiger partial charge is 0.214 e. The van der Waals surface area contributed by atoms with Gasteiger partial charge in [-0.1, -0.05) is 18.2 Å². The lowest BCUT2D eigenvalue weighted by Gasteiger charge is -2.11. The predicted octanol–water partition coefficient (Wildman–Crippen LogP) is 2.06. The van der Waals surface area contributed by atoms with E-state index in [0.29, 0.717) is 12.5 Å². The molecule has 19 heavy (non-hydrogen) atoms. The maximum absolute atomic E-state index is 9.41. The van der Waals surface area contributed by atoms with E-state index in [2.05, 4.69) is 9.88 Å². The first-order valence-electron chi connectivity index (χ1n) is 6.48. The molecule has 1 heterocycles. The van der Waals surface area contributed by atoms with E-state index >= 15 is 0 Å². The zero-order valence-electron chi connectivity index (χ0n) is 11.5. The molecule has 0 aliphatic heterocycles. The van der Waals surface area contributed by atoms with Crippen LogP contribution in [0, 0.1) is 0 Å². The van der Waals surface area contributed by atoms with Crippen molar-refractivity contribution in [1.29, 1.82) is 0 Å². The van der Waals surface area contributed by atoms with Crippen molar-refractivity contribution >= 4 is 10.9 Å². The molecule has 0 spiro atoms. The molecule has 1 N–H and O–H groups in total. The van der Waals surface area contributed by atoms with Crippen molar-refractivity contribution in [3.63, 3.8) is 0 Å². The van der Waals surface area contributed by atoms with Crippen molar-refractivity contribution in [3.8, 4) is 5.88 Å². The monoisotopic (exact) mass is 260 g/mol. The highest BCUT2D eigenvalue weighted by Gasteiger charge is 2.05. The van der Waals surface area contributed by atoms with Gasteiger partial charge in [0.1, 0.15) is 0 Å². The van der Waals surface area contributed by atoms with Crippen LogP contribution in [0.15, 0.2) is 30.3 Å². The number of hydrogen-bond donors (Lipinski definition) is 1. The zero-order chi connectivity index (χ0) is 13.7. The molecule has 0 aliphatic rings. The highest BCUT2D eigenvalue weighted by molar-refractivity contribution is 5.82. The Balaban J connectivity index is 2.11. The number of ether oxygens (including phenoxy) is 1. The van der Waals surface area contributed by atoms with E-state index in [-0.39, 0.29) is 6.61 Å². The molecule has 4 heteroatoms. The fourth-order valence-corrected chi connectivity index (χ4v) is 1.98. The Labute approximate surface area is 113 Å². The number of aliphatic hydroxyl groups excluding tert-OH is 1. The van der Waals surface area contributed by atoms with E-state index < -0.39 is 0 Å². The Kier molecular flexibility index (Phi) is 4.71. The molecule has 0 bridgehead atoms. The highest BCUT2D eigenvalue weighted by Crippen LogP contribution is 2.22. The van der Waals surface area contributed by atoms with Gasteiger partial charge < -0.3 is 14.7 Å². The SMILES string of the molecule is CN(C)CCCOc1cc(CO)c2ccccc2n1. The van der Waals surface area contributed by atoms with Gasteiger partial charge in [0.2, 0.25) is 5.88 Å². The summed E-state index contributed by atoms with van der Waals surface area (Å²) >= 11 is 0. The topological polar surface area (TPSA) is 45.6 Å². The lowest BCUT2D eigenvalue weighted by Crippen LogP contribution is -2.15. The average molecular weight is 260 g/mol. The van der Waals surface area contributed by atoms with Gasteiger partial charge in [-0.3, -0.25) is 0 Å². The largest absolute Gasteiger partial charge is 0.478 e. The van der Waals surface area contributed by atoms with E-state index in [1.54, 1.807) is 0 Å². The third-order valence-corrected chi connectivity index (χ3v) is 2.95. The van der Waals surface area contributed by atoms with Gasteiger partial charge in [0, 0.05) is 18.0 Å². The normalized spacial score (nSPS) is 11.2. The molecule has 4 nitrogen and oxygen atoms in total. The van der Waals surface area contributed by atoms with E-state index in [0.717, 1.165) is 29.4 Å². The summed E-state index contributed by atoms with van der Waals surface area (Å²) in [5.74, 6) is 0.585. The van der Waals surface area contributed by atoms with E-state index in [1.807, 2.05) is 44.4 Å². The molecular formula is C15H20N2O2. The second kappa shape index (κ2) is 6.50. The van der Waals surface area contributed by atoms with E-state index in [1.165, 1.54) is 0 Å². The summed E-state index contributed by atoms with van der Waals surface area (Å²) in [5, 5.41) is 10.4.